The first-order chi connectivity index (χ1) is 16.7. The summed E-state index contributed by atoms with van der Waals surface area (Å²) < 4.78 is 39.8. The van der Waals surface area contributed by atoms with E-state index in [0.29, 0.717) is 12.1 Å². The van der Waals surface area contributed by atoms with E-state index >= 15 is 0 Å². The van der Waals surface area contributed by atoms with Gasteiger partial charge in [-0.1, -0.05) is 18.2 Å². The van der Waals surface area contributed by atoms with Crippen molar-refractivity contribution < 1.29 is 27.2 Å². The van der Waals surface area contributed by atoms with Gasteiger partial charge >= 0.3 is 5.97 Å². The highest BCUT2D eigenvalue weighted by Gasteiger charge is 2.33. The van der Waals surface area contributed by atoms with Crippen LogP contribution in [-0.2, 0) is 26.1 Å². The number of rotatable bonds is 7. The minimum absolute atomic E-state index is 0.178. The van der Waals surface area contributed by atoms with Crippen LogP contribution in [0.2, 0.25) is 0 Å². The number of nitrogens with zero attached hydrogens (tertiary/aromatic N) is 3. The molecule has 0 bridgehead atoms. The van der Waals surface area contributed by atoms with E-state index in [4.69, 9.17) is 9.15 Å². The second-order valence-electron chi connectivity index (χ2n) is 8.54. The lowest BCUT2D eigenvalue weighted by molar-refractivity contribution is -0.141. The Balaban J connectivity index is 1.36. The molecule has 1 aliphatic rings. The van der Waals surface area contributed by atoms with Gasteiger partial charge in [-0.25, -0.2) is 13.2 Å². The molecule has 1 unspecified atom stereocenters. The topological polar surface area (TPSA) is 102 Å². The highest BCUT2D eigenvalue weighted by molar-refractivity contribution is 7.89. The maximum Gasteiger partial charge on any atom is 0.340 e. The van der Waals surface area contributed by atoms with Crippen LogP contribution < -0.4 is 0 Å². The number of hydrogen-bond donors (Lipinski definition) is 0. The minimum Gasteiger partial charge on any atom is -0.467 e. The van der Waals surface area contributed by atoms with E-state index in [1.807, 2.05) is 30.5 Å². The van der Waals surface area contributed by atoms with E-state index < -0.39 is 22.1 Å². The van der Waals surface area contributed by atoms with Crippen LogP contribution in [0.25, 0.3) is 0 Å². The predicted molar refractivity (Wildman–Crippen MR) is 128 cm³/mol. The summed E-state index contributed by atoms with van der Waals surface area (Å²) in [5.41, 5.74) is 2.00. The van der Waals surface area contributed by atoms with Crippen molar-refractivity contribution in [1.29, 1.82) is 0 Å². The normalized spacial score (nSPS) is 15.7. The number of aryl methyl sites for hydroxylation is 1. The summed E-state index contributed by atoms with van der Waals surface area (Å²) in [5, 5.41) is 0. The molecule has 3 aromatic rings. The Morgan fingerprint density at radius 2 is 1.71 bits per heavy atom. The number of benzene rings is 1. The van der Waals surface area contributed by atoms with Gasteiger partial charge < -0.3 is 18.6 Å². The monoisotopic (exact) mass is 499 g/mol. The first-order valence-electron chi connectivity index (χ1n) is 11.4. The van der Waals surface area contributed by atoms with E-state index in [1.54, 1.807) is 42.7 Å². The largest absolute Gasteiger partial charge is 0.467 e. The van der Waals surface area contributed by atoms with Crippen molar-refractivity contribution in [3.8, 4) is 0 Å². The number of piperazine rings is 1. The van der Waals surface area contributed by atoms with Crippen LogP contribution in [0.4, 0.5) is 0 Å². The lowest BCUT2D eigenvalue weighted by Crippen LogP contribution is -2.52. The molecule has 2 aromatic heterocycles. The fourth-order valence-electron chi connectivity index (χ4n) is 4.23. The highest BCUT2D eigenvalue weighted by Crippen LogP contribution is 2.20. The summed E-state index contributed by atoms with van der Waals surface area (Å²) in [4.78, 5) is 27.5. The van der Waals surface area contributed by atoms with Gasteiger partial charge in [-0.15, -0.1) is 0 Å². The van der Waals surface area contributed by atoms with Gasteiger partial charge in [0.2, 0.25) is 10.0 Å². The van der Waals surface area contributed by atoms with Crippen LogP contribution in [0, 0.1) is 13.8 Å². The molecule has 0 N–H and O–H groups in total. The number of ether oxygens (including phenoxy) is 1. The van der Waals surface area contributed by atoms with Gasteiger partial charge in [-0.2, -0.15) is 4.31 Å². The molecule has 0 spiro atoms. The van der Waals surface area contributed by atoms with Crippen molar-refractivity contribution in [2.24, 2.45) is 0 Å². The van der Waals surface area contributed by atoms with Crippen molar-refractivity contribution in [3.05, 3.63) is 77.5 Å². The van der Waals surface area contributed by atoms with Gasteiger partial charge in [0.15, 0.2) is 6.10 Å². The minimum atomic E-state index is -3.61. The molecule has 1 amide bonds. The third kappa shape index (κ3) is 5.18. The van der Waals surface area contributed by atoms with Crippen molar-refractivity contribution in [3.63, 3.8) is 0 Å². The molecule has 0 radical (unpaired) electrons. The summed E-state index contributed by atoms with van der Waals surface area (Å²) in [5.74, 6) is -0.155. The molecule has 0 aliphatic carbocycles. The number of esters is 1. The Hall–Kier alpha value is -3.37. The van der Waals surface area contributed by atoms with Crippen molar-refractivity contribution >= 4 is 21.9 Å². The van der Waals surface area contributed by atoms with E-state index in [9.17, 15) is 18.0 Å². The Labute approximate surface area is 204 Å². The number of amides is 1. The molecule has 9 nitrogen and oxygen atoms in total. The SMILES string of the molecule is Cc1cc(C(=O)OC(C)C(=O)N2CCN(S(=O)(=O)c3ccccc3)CC2)c(C)n1Cc1ccco1. The smallest absolute Gasteiger partial charge is 0.340 e. The molecule has 4 rings (SSSR count). The molecule has 1 atom stereocenters. The Morgan fingerprint density at radius 1 is 1.03 bits per heavy atom. The fourth-order valence-corrected chi connectivity index (χ4v) is 5.67. The van der Waals surface area contributed by atoms with Gasteiger partial charge in [-0.05, 0) is 51.1 Å². The summed E-state index contributed by atoms with van der Waals surface area (Å²) in [6.07, 6.45) is 0.607. The molecule has 10 heteroatoms. The standard InChI is InChI=1S/C25H29N3O6S/c1-18-16-23(19(2)28(18)17-21-8-7-15-33-21)25(30)34-20(3)24(29)26-11-13-27(14-12-26)35(31,32)22-9-5-4-6-10-22/h4-10,15-16,20H,11-14,17H2,1-3H3. The van der Waals surface area contributed by atoms with Gasteiger partial charge in [0, 0.05) is 37.6 Å². The van der Waals surface area contributed by atoms with Crippen LogP contribution in [0.1, 0.15) is 34.4 Å². The lowest BCUT2D eigenvalue weighted by Gasteiger charge is -2.35. The molecular formula is C25H29N3O6S. The summed E-state index contributed by atoms with van der Waals surface area (Å²) in [6, 6.07) is 13.6. The highest BCUT2D eigenvalue weighted by atomic mass is 32.2. The number of sulfonamides is 1. The average Bonchev–Trinajstić information content (AvgIpc) is 3.48. The Kier molecular flexibility index (Phi) is 7.13. The summed E-state index contributed by atoms with van der Waals surface area (Å²) in [7, 11) is -3.61. The molecule has 1 fully saturated rings. The van der Waals surface area contributed by atoms with Gasteiger partial charge in [0.1, 0.15) is 5.76 Å². The average molecular weight is 500 g/mol. The lowest BCUT2D eigenvalue weighted by atomic mass is 10.2. The number of furan rings is 1. The maximum atomic E-state index is 12.9. The third-order valence-electron chi connectivity index (χ3n) is 6.25. The van der Waals surface area contributed by atoms with Crippen molar-refractivity contribution in [2.75, 3.05) is 26.2 Å². The predicted octanol–water partition coefficient (Wildman–Crippen LogP) is 2.82. The molecule has 1 saturated heterocycles. The zero-order valence-electron chi connectivity index (χ0n) is 20.0. The Morgan fingerprint density at radius 3 is 2.34 bits per heavy atom. The molecule has 1 aromatic carbocycles. The van der Waals surface area contributed by atoms with E-state index in [2.05, 4.69) is 0 Å². The number of hydrogen-bond acceptors (Lipinski definition) is 6. The second kappa shape index (κ2) is 10.1. The molecule has 1 aliphatic heterocycles. The van der Waals surface area contributed by atoms with Crippen LogP contribution >= 0.6 is 0 Å². The van der Waals surface area contributed by atoms with Crippen molar-refractivity contribution in [2.45, 2.75) is 38.3 Å². The van der Waals surface area contributed by atoms with Crippen LogP contribution in [-0.4, -0.2) is 66.3 Å². The van der Waals surface area contributed by atoms with Gasteiger partial charge in [0.25, 0.3) is 5.91 Å². The van der Waals surface area contributed by atoms with E-state index in [0.717, 1.165) is 17.1 Å². The van der Waals surface area contributed by atoms with Crippen LogP contribution in [0.15, 0.2) is 64.1 Å². The van der Waals surface area contributed by atoms with Gasteiger partial charge in [0.05, 0.1) is 23.3 Å². The molecule has 0 saturated carbocycles. The number of carbonyl (C=O) groups is 2. The quantitative estimate of drug-likeness (QED) is 0.463. The van der Waals surface area contributed by atoms with Gasteiger partial charge in [-0.3, -0.25) is 4.79 Å². The first kappa shape index (κ1) is 24.7. The fraction of sp³-hybridized carbons (Fsp3) is 0.360. The molecular weight excluding hydrogens is 470 g/mol. The maximum absolute atomic E-state index is 12.9. The summed E-state index contributed by atoms with van der Waals surface area (Å²) >= 11 is 0. The third-order valence-corrected chi connectivity index (χ3v) is 8.16. The number of carbonyl (C=O) groups excluding carboxylic acids is 2. The Bertz CT molecular complexity index is 1290. The van der Waals surface area contributed by atoms with E-state index in [-0.39, 0.29) is 37.0 Å². The van der Waals surface area contributed by atoms with E-state index in [1.165, 1.54) is 16.1 Å². The van der Waals surface area contributed by atoms with Crippen LogP contribution in [0.5, 0.6) is 0 Å². The number of aromatic nitrogens is 1. The molecule has 35 heavy (non-hydrogen) atoms. The van der Waals surface area contributed by atoms with Crippen LogP contribution in [0.3, 0.4) is 0 Å². The van der Waals surface area contributed by atoms with Crippen molar-refractivity contribution in [1.82, 2.24) is 13.8 Å². The second-order valence-corrected chi connectivity index (χ2v) is 10.5. The summed E-state index contributed by atoms with van der Waals surface area (Å²) in [6.45, 7) is 6.55. The zero-order valence-corrected chi connectivity index (χ0v) is 20.8. The molecule has 186 valence electrons. The zero-order chi connectivity index (χ0) is 25.2. The molecule has 3 heterocycles. The first-order valence-corrected chi connectivity index (χ1v) is 12.9.